The van der Waals surface area contributed by atoms with Gasteiger partial charge in [-0.3, -0.25) is 4.79 Å². The van der Waals surface area contributed by atoms with Gasteiger partial charge in [-0.2, -0.15) is 5.21 Å². The van der Waals surface area contributed by atoms with Gasteiger partial charge in [0, 0.05) is 0 Å². The fraction of sp³-hybridized carbons (Fsp3) is 0.312. The molecular formula is C16H16N6O3S. The van der Waals surface area contributed by atoms with Gasteiger partial charge in [0.05, 0.1) is 19.4 Å². The number of tetrazole rings is 1. The van der Waals surface area contributed by atoms with Crippen molar-refractivity contribution < 1.29 is 14.3 Å². The molecule has 3 aromatic rings. The quantitative estimate of drug-likeness (QED) is 0.695. The molecule has 9 nitrogen and oxygen atoms in total. The second-order valence-electron chi connectivity index (χ2n) is 5.76. The van der Waals surface area contributed by atoms with E-state index in [1.165, 1.54) is 17.5 Å². The van der Waals surface area contributed by atoms with E-state index in [2.05, 4.69) is 30.9 Å². The normalized spacial score (nSPS) is 17.1. The number of rotatable bonds is 5. The molecule has 2 aromatic heterocycles. The van der Waals surface area contributed by atoms with Gasteiger partial charge >= 0.3 is 0 Å². The number of H-pyrrole nitrogens is 1. The van der Waals surface area contributed by atoms with Crippen LogP contribution < -0.4 is 5.32 Å². The highest BCUT2D eigenvalue weighted by Gasteiger charge is 2.37. The fourth-order valence-corrected chi connectivity index (χ4v) is 3.54. The molecule has 0 saturated carbocycles. The van der Waals surface area contributed by atoms with E-state index in [4.69, 9.17) is 9.47 Å². The largest absolute Gasteiger partial charge is 0.342 e. The second-order valence-corrected chi connectivity index (χ2v) is 6.79. The molecule has 0 radical (unpaired) electrons. The van der Waals surface area contributed by atoms with Crippen molar-refractivity contribution in [1.82, 2.24) is 30.9 Å². The summed E-state index contributed by atoms with van der Waals surface area (Å²) in [5.74, 6) is -0.798. The number of amides is 1. The Bertz CT molecular complexity index is 877. The van der Waals surface area contributed by atoms with E-state index in [1.54, 1.807) is 6.92 Å². The third-order valence-corrected chi connectivity index (χ3v) is 5.16. The van der Waals surface area contributed by atoms with Gasteiger partial charge in [0.15, 0.2) is 5.01 Å². The van der Waals surface area contributed by atoms with Gasteiger partial charge in [-0.15, -0.1) is 21.5 Å². The minimum atomic E-state index is -0.893. The number of aromatic nitrogens is 5. The molecule has 10 heteroatoms. The summed E-state index contributed by atoms with van der Waals surface area (Å²) in [6, 6.07) is 8.92. The highest BCUT2D eigenvalue weighted by molar-refractivity contribution is 7.13. The summed E-state index contributed by atoms with van der Waals surface area (Å²) in [4.78, 5) is 17.5. The first kappa shape index (κ1) is 16.8. The maximum atomic E-state index is 12.7. The molecule has 134 valence electrons. The van der Waals surface area contributed by atoms with E-state index in [0.717, 1.165) is 5.56 Å². The lowest BCUT2D eigenvalue weighted by molar-refractivity contribution is -0.149. The van der Waals surface area contributed by atoms with Crippen LogP contribution in [-0.2, 0) is 15.3 Å². The molecule has 1 saturated heterocycles. The summed E-state index contributed by atoms with van der Waals surface area (Å²) in [5.41, 5.74) is 0.849. The van der Waals surface area contributed by atoms with Crippen LogP contribution in [0.25, 0.3) is 0 Å². The Morgan fingerprint density at radius 3 is 2.77 bits per heavy atom. The number of ether oxygens (including phenoxy) is 2. The number of aromatic amines is 1. The Hall–Kier alpha value is -2.69. The minimum absolute atomic E-state index is 0.283. The highest BCUT2D eigenvalue weighted by Crippen LogP contribution is 2.33. The molecule has 1 amide bonds. The van der Waals surface area contributed by atoms with Crippen LogP contribution in [0, 0.1) is 0 Å². The van der Waals surface area contributed by atoms with E-state index >= 15 is 0 Å². The van der Waals surface area contributed by atoms with Gasteiger partial charge in [0.2, 0.25) is 11.6 Å². The van der Waals surface area contributed by atoms with E-state index in [-0.39, 0.29) is 5.91 Å². The molecule has 1 aliphatic heterocycles. The summed E-state index contributed by atoms with van der Waals surface area (Å²) in [5, 5.41) is 17.5. The predicted molar refractivity (Wildman–Crippen MR) is 91.3 cm³/mol. The Balaban J connectivity index is 1.57. The van der Waals surface area contributed by atoms with Gasteiger partial charge in [-0.25, -0.2) is 4.98 Å². The van der Waals surface area contributed by atoms with Crippen molar-refractivity contribution in [3.8, 4) is 0 Å². The minimum Gasteiger partial charge on any atom is -0.342 e. The molecule has 3 heterocycles. The first-order valence-corrected chi connectivity index (χ1v) is 8.81. The molecule has 2 N–H and O–H groups in total. The summed E-state index contributed by atoms with van der Waals surface area (Å²) in [6.07, 6.45) is 1.52. The zero-order chi connectivity index (χ0) is 18.0. The third-order valence-electron chi connectivity index (χ3n) is 3.98. The molecule has 1 aliphatic rings. The molecule has 0 bridgehead atoms. The number of carbonyl (C=O) groups is 1. The molecule has 0 aliphatic carbocycles. The number of hydrogen-bond acceptors (Lipinski definition) is 8. The van der Waals surface area contributed by atoms with Crippen LogP contribution in [0.4, 0.5) is 0 Å². The third kappa shape index (κ3) is 3.21. The van der Waals surface area contributed by atoms with E-state index < -0.39 is 11.8 Å². The molecular weight excluding hydrogens is 356 g/mol. The van der Waals surface area contributed by atoms with Crippen molar-refractivity contribution >= 4 is 17.2 Å². The SMILES string of the molecule is CC1(c2ncc(C(=O)NC(c3ccccc3)c3nn[nH]n3)s2)OCCO1. The average Bonchev–Trinajstić information content (AvgIpc) is 3.41. The van der Waals surface area contributed by atoms with Crippen molar-refractivity contribution in [3.63, 3.8) is 0 Å². The molecule has 1 aromatic carbocycles. The van der Waals surface area contributed by atoms with Crippen molar-refractivity contribution in [2.75, 3.05) is 13.2 Å². The highest BCUT2D eigenvalue weighted by atomic mass is 32.1. The number of carbonyl (C=O) groups excluding carboxylic acids is 1. The van der Waals surface area contributed by atoms with Crippen LogP contribution in [0.1, 0.15) is 39.0 Å². The van der Waals surface area contributed by atoms with Gasteiger partial charge in [0.25, 0.3) is 5.91 Å². The Labute approximate surface area is 152 Å². The molecule has 1 fully saturated rings. The number of nitrogens with zero attached hydrogens (tertiary/aromatic N) is 4. The van der Waals surface area contributed by atoms with Gasteiger partial charge in [0.1, 0.15) is 10.9 Å². The van der Waals surface area contributed by atoms with Crippen molar-refractivity contribution in [2.45, 2.75) is 18.8 Å². The summed E-state index contributed by atoms with van der Waals surface area (Å²) in [7, 11) is 0. The maximum absolute atomic E-state index is 12.7. The summed E-state index contributed by atoms with van der Waals surface area (Å²) >= 11 is 1.23. The lowest BCUT2D eigenvalue weighted by Crippen LogP contribution is -2.29. The first-order valence-electron chi connectivity index (χ1n) is 7.99. The Morgan fingerprint density at radius 2 is 2.08 bits per heavy atom. The number of thiazole rings is 1. The van der Waals surface area contributed by atoms with Gasteiger partial charge < -0.3 is 14.8 Å². The topological polar surface area (TPSA) is 115 Å². The average molecular weight is 372 g/mol. The van der Waals surface area contributed by atoms with Crippen molar-refractivity contribution in [1.29, 1.82) is 0 Å². The van der Waals surface area contributed by atoms with Crippen LogP contribution in [0.5, 0.6) is 0 Å². The molecule has 1 atom stereocenters. The summed E-state index contributed by atoms with van der Waals surface area (Å²) < 4.78 is 11.2. The number of nitrogens with one attached hydrogen (secondary N) is 2. The Kier molecular flexibility index (Phi) is 4.45. The predicted octanol–water partition coefficient (Wildman–Crippen LogP) is 1.40. The van der Waals surface area contributed by atoms with Crippen LogP contribution >= 0.6 is 11.3 Å². The van der Waals surface area contributed by atoms with E-state index in [0.29, 0.717) is 28.9 Å². The smallest absolute Gasteiger partial charge is 0.263 e. The lowest BCUT2D eigenvalue weighted by Gasteiger charge is -2.18. The first-order chi connectivity index (χ1) is 12.7. The fourth-order valence-electron chi connectivity index (χ4n) is 2.66. The summed E-state index contributed by atoms with van der Waals surface area (Å²) in [6.45, 7) is 2.81. The van der Waals surface area contributed by atoms with Gasteiger partial charge in [-0.05, 0) is 12.5 Å². The monoisotopic (exact) mass is 372 g/mol. The zero-order valence-corrected chi connectivity index (χ0v) is 14.7. The van der Waals surface area contributed by atoms with E-state index in [1.807, 2.05) is 30.3 Å². The van der Waals surface area contributed by atoms with Crippen molar-refractivity contribution in [3.05, 3.63) is 57.8 Å². The molecule has 1 unspecified atom stereocenters. The molecule has 4 rings (SSSR count). The van der Waals surface area contributed by atoms with Crippen LogP contribution in [-0.4, -0.2) is 44.7 Å². The van der Waals surface area contributed by atoms with E-state index in [9.17, 15) is 4.79 Å². The van der Waals surface area contributed by atoms with Gasteiger partial charge in [-0.1, -0.05) is 35.5 Å². The Morgan fingerprint density at radius 1 is 1.31 bits per heavy atom. The maximum Gasteiger partial charge on any atom is 0.263 e. The van der Waals surface area contributed by atoms with Crippen LogP contribution in [0.2, 0.25) is 0 Å². The lowest BCUT2D eigenvalue weighted by atomic mass is 10.1. The molecule has 26 heavy (non-hydrogen) atoms. The van der Waals surface area contributed by atoms with Crippen LogP contribution in [0.15, 0.2) is 36.5 Å². The number of hydrogen-bond donors (Lipinski definition) is 2. The second kappa shape index (κ2) is 6.90. The zero-order valence-electron chi connectivity index (χ0n) is 13.9. The molecule has 0 spiro atoms. The standard InChI is InChI=1S/C16H16N6O3S/c1-16(24-7-8-25-16)15-17-9-11(26-15)14(23)18-12(13-19-21-22-20-13)10-5-3-2-4-6-10/h2-6,9,12H,7-8H2,1H3,(H,18,23)(H,19,20,21,22). The van der Waals surface area contributed by atoms with Crippen LogP contribution in [0.3, 0.4) is 0 Å². The van der Waals surface area contributed by atoms with Crippen molar-refractivity contribution in [2.24, 2.45) is 0 Å². The number of benzene rings is 1.